The number of aromatic hydroxyl groups is 1. The van der Waals surface area contributed by atoms with Gasteiger partial charge in [-0.15, -0.1) is 0 Å². The van der Waals surface area contributed by atoms with Crippen molar-refractivity contribution in [2.75, 3.05) is 0 Å². The number of nitrogens with one attached hydrogen (secondary N) is 1. The van der Waals surface area contributed by atoms with Gasteiger partial charge in [-0.05, 0) is 23.8 Å². The molecular formula is C13H11ClN2O2. The van der Waals surface area contributed by atoms with Gasteiger partial charge in [0.15, 0.2) is 0 Å². The first-order chi connectivity index (χ1) is 8.66. The lowest BCUT2D eigenvalue weighted by atomic mass is 10.2. The fourth-order valence-electron chi connectivity index (χ4n) is 1.44. The summed E-state index contributed by atoms with van der Waals surface area (Å²) < 4.78 is 0. The quantitative estimate of drug-likeness (QED) is 0.893. The second-order valence-electron chi connectivity index (χ2n) is 3.70. The number of carbonyl (C=O) groups excluding carboxylic acids is 1. The highest BCUT2D eigenvalue weighted by Gasteiger charge is 2.09. The van der Waals surface area contributed by atoms with Crippen LogP contribution in [0, 0.1) is 0 Å². The summed E-state index contributed by atoms with van der Waals surface area (Å²) in [4.78, 5) is 15.7. The van der Waals surface area contributed by atoms with Gasteiger partial charge in [0, 0.05) is 18.9 Å². The molecule has 1 aromatic heterocycles. The molecule has 0 saturated carbocycles. The van der Waals surface area contributed by atoms with E-state index in [1.54, 1.807) is 30.3 Å². The summed E-state index contributed by atoms with van der Waals surface area (Å²) in [5.74, 6) is -0.0819. The molecule has 1 aromatic carbocycles. The number of phenolic OH excluding ortho intramolecular Hbond substituents is 1. The number of hydrogen-bond acceptors (Lipinski definition) is 3. The average molecular weight is 263 g/mol. The fraction of sp³-hybridized carbons (Fsp3) is 0.0769. The van der Waals surface area contributed by atoms with Crippen LogP contribution in [0.3, 0.4) is 0 Å². The molecule has 0 saturated heterocycles. The number of halogens is 1. The Labute approximate surface area is 109 Å². The molecule has 0 aliphatic carbocycles. The van der Waals surface area contributed by atoms with Gasteiger partial charge in [-0.25, -0.2) is 0 Å². The molecule has 2 N–H and O–H groups in total. The van der Waals surface area contributed by atoms with Crippen LogP contribution in [0.1, 0.15) is 15.9 Å². The van der Waals surface area contributed by atoms with Crippen molar-refractivity contribution in [1.82, 2.24) is 10.3 Å². The Hall–Kier alpha value is -2.07. The molecule has 5 heteroatoms. The van der Waals surface area contributed by atoms with Crippen LogP contribution in [0.5, 0.6) is 5.75 Å². The van der Waals surface area contributed by atoms with Crippen LogP contribution in [0.25, 0.3) is 0 Å². The van der Waals surface area contributed by atoms with Gasteiger partial charge in [-0.2, -0.15) is 0 Å². The molecule has 2 rings (SSSR count). The number of amides is 1. The molecule has 0 fully saturated rings. The Morgan fingerprint density at radius 1 is 1.28 bits per heavy atom. The third-order valence-electron chi connectivity index (χ3n) is 2.40. The molecule has 4 nitrogen and oxygen atoms in total. The zero-order valence-electron chi connectivity index (χ0n) is 9.43. The molecule has 0 radical (unpaired) electrons. The first-order valence-electron chi connectivity index (χ1n) is 5.32. The van der Waals surface area contributed by atoms with Crippen molar-refractivity contribution < 1.29 is 9.90 Å². The molecule has 0 atom stereocenters. The lowest BCUT2D eigenvalue weighted by molar-refractivity contribution is 0.0950. The van der Waals surface area contributed by atoms with E-state index in [2.05, 4.69) is 10.3 Å². The number of carbonyl (C=O) groups is 1. The van der Waals surface area contributed by atoms with Crippen LogP contribution in [-0.4, -0.2) is 16.0 Å². The molecular weight excluding hydrogens is 252 g/mol. The molecule has 92 valence electrons. The van der Waals surface area contributed by atoms with E-state index in [9.17, 15) is 4.79 Å². The van der Waals surface area contributed by atoms with E-state index in [0.717, 1.165) is 5.56 Å². The second-order valence-corrected chi connectivity index (χ2v) is 4.11. The third-order valence-corrected chi connectivity index (χ3v) is 2.73. The minimum absolute atomic E-state index is 0.195. The fourth-order valence-corrected chi connectivity index (χ4v) is 1.63. The molecule has 0 unspecified atom stereocenters. The average Bonchev–Trinajstić information content (AvgIpc) is 2.38. The Kier molecular flexibility index (Phi) is 3.79. The van der Waals surface area contributed by atoms with Crippen molar-refractivity contribution in [1.29, 1.82) is 0 Å². The first kappa shape index (κ1) is 12.4. The second kappa shape index (κ2) is 5.51. The van der Waals surface area contributed by atoms with Crippen LogP contribution in [-0.2, 0) is 6.54 Å². The van der Waals surface area contributed by atoms with Gasteiger partial charge in [-0.1, -0.05) is 23.7 Å². The zero-order chi connectivity index (χ0) is 13.0. The van der Waals surface area contributed by atoms with Crippen molar-refractivity contribution in [3.63, 3.8) is 0 Å². The van der Waals surface area contributed by atoms with E-state index in [0.29, 0.717) is 17.1 Å². The Bertz CT molecular complexity index is 555. The van der Waals surface area contributed by atoms with Crippen LogP contribution in [0.15, 0.2) is 42.7 Å². The van der Waals surface area contributed by atoms with Gasteiger partial charge in [0.1, 0.15) is 5.75 Å². The summed E-state index contributed by atoms with van der Waals surface area (Å²) in [7, 11) is 0. The molecule has 1 amide bonds. The van der Waals surface area contributed by atoms with Crippen LogP contribution in [0.4, 0.5) is 0 Å². The summed E-state index contributed by atoms with van der Waals surface area (Å²) in [6, 6.07) is 8.18. The Morgan fingerprint density at radius 3 is 2.67 bits per heavy atom. The van der Waals surface area contributed by atoms with Crippen LogP contribution in [0.2, 0.25) is 5.02 Å². The highest BCUT2D eigenvalue weighted by atomic mass is 35.5. The number of aromatic nitrogens is 1. The molecule has 1 heterocycles. The lowest BCUT2D eigenvalue weighted by Gasteiger charge is -2.06. The summed E-state index contributed by atoms with van der Waals surface area (Å²) >= 11 is 5.89. The highest BCUT2D eigenvalue weighted by Crippen LogP contribution is 2.14. The Morgan fingerprint density at radius 2 is 2.00 bits per heavy atom. The molecule has 18 heavy (non-hydrogen) atoms. The summed E-state index contributed by atoms with van der Waals surface area (Å²) in [6.07, 6.45) is 2.95. The van der Waals surface area contributed by atoms with E-state index in [-0.39, 0.29) is 11.7 Å². The number of phenols is 1. The van der Waals surface area contributed by atoms with Gasteiger partial charge >= 0.3 is 0 Å². The summed E-state index contributed by atoms with van der Waals surface area (Å²) in [6.45, 7) is 0.365. The van der Waals surface area contributed by atoms with Gasteiger partial charge < -0.3 is 10.4 Å². The van der Waals surface area contributed by atoms with Gasteiger partial charge in [0.25, 0.3) is 5.91 Å². The highest BCUT2D eigenvalue weighted by molar-refractivity contribution is 6.33. The van der Waals surface area contributed by atoms with E-state index in [1.165, 1.54) is 12.4 Å². The van der Waals surface area contributed by atoms with Crippen molar-refractivity contribution in [2.24, 2.45) is 0 Å². The van der Waals surface area contributed by atoms with Crippen LogP contribution < -0.4 is 5.32 Å². The van der Waals surface area contributed by atoms with Crippen molar-refractivity contribution in [3.8, 4) is 5.75 Å². The topological polar surface area (TPSA) is 62.2 Å². The Balaban J connectivity index is 2.01. The number of pyridine rings is 1. The van der Waals surface area contributed by atoms with E-state index < -0.39 is 0 Å². The SMILES string of the molecule is O=C(NCc1ccc(O)cc1)c1cnccc1Cl. The van der Waals surface area contributed by atoms with E-state index in [4.69, 9.17) is 16.7 Å². The maximum absolute atomic E-state index is 11.8. The number of rotatable bonds is 3. The normalized spacial score (nSPS) is 10.1. The predicted molar refractivity (Wildman–Crippen MR) is 68.5 cm³/mol. The molecule has 0 aliphatic heterocycles. The monoisotopic (exact) mass is 262 g/mol. The maximum Gasteiger partial charge on any atom is 0.254 e. The number of hydrogen-bond donors (Lipinski definition) is 2. The van der Waals surface area contributed by atoms with Gasteiger partial charge in [-0.3, -0.25) is 9.78 Å². The zero-order valence-corrected chi connectivity index (χ0v) is 10.2. The lowest BCUT2D eigenvalue weighted by Crippen LogP contribution is -2.23. The molecule has 0 bridgehead atoms. The van der Waals surface area contributed by atoms with E-state index in [1.807, 2.05) is 0 Å². The van der Waals surface area contributed by atoms with Crippen LogP contribution >= 0.6 is 11.6 Å². The van der Waals surface area contributed by atoms with E-state index >= 15 is 0 Å². The van der Waals surface area contributed by atoms with Gasteiger partial charge in [0.2, 0.25) is 0 Å². The standard InChI is InChI=1S/C13H11ClN2O2/c14-12-5-6-15-8-11(12)13(18)16-7-9-1-3-10(17)4-2-9/h1-6,8,17H,7H2,(H,16,18). The maximum atomic E-state index is 11.8. The van der Waals surface area contributed by atoms with Crippen molar-refractivity contribution in [2.45, 2.75) is 6.54 Å². The summed E-state index contributed by atoms with van der Waals surface area (Å²) in [5.41, 5.74) is 1.24. The third kappa shape index (κ3) is 2.99. The van der Waals surface area contributed by atoms with Crippen molar-refractivity contribution in [3.05, 3.63) is 58.9 Å². The van der Waals surface area contributed by atoms with Gasteiger partial charge in [0.05, 0.1) is 10.6 Å². The summed E-state index contributed by atoms with van der Waals surface area (Å²) in [5, 5.41) is 12.2. The minimum Gasteiger partial charge on any atom is -0.508 e. The number of benzene rings is 1. The first-order valence-corrected chi connectivity index (χ1v) is 5.70. The molecule has 0 aliphatic rings. The minimum atomic E-state index is -0.277. The number of nitrogens with zero attached hydrogens (tertiary/aromatic N) is 1. The molecule has 0 spiro atoms. The predicted octanol–water partition coefficient (Wildman–Crippen LogP) is 2.37. The molecule has 2 aromatic rings. The van der Waals surface area contributed by atoms with Crippen molar-refractivity contribution >= 4 is 17.5 Å². The smallest absolute Gasteiger partial charge is 0.254 e. The largest absolute Gasteiger partial charge is 0.508 e.